The van der Waals surface area contributed by atoms with Crippen LogP contribution in [0, 0.1) is 0 Å². The summed E-state index contributed by atoms with van der Waals surface area (Å²) < 4.78 is 23.8. The molecule has 1 amide bonds. The smallest absolute Gasteiger partial charge is 0.217 e. The van der Waals surface area contributed by atoms with Crippen LogP contribution in [-0.4, -0.2) is 56.4 Å². The summed E-state index contributed by atoms with van der Waals surface area (Å²) in [6, 6.07) is -0.242. The highest BCUT2D eigenvalue weighted by Gasteiger charge is 2.62. The van der Waals surface area contributed by atoms with Gasteiger partial charge in [0.15, 0.2) is 5.79 Å². The quantitative estimate of drug-likeness (QED) is 0.841. The van der Waals surface area contributed by atoms with Crippen molar-refractivity contribution in [1.29, 1.82) is 0 Å². The number of ether oxygens (including phenoxy) is 4. The Morgan fingerprint density at radius 3 is 2.00 bits per heavy atom. The molecule has 6 nitrogen and oxygen atoms in total. The minimum Gasteiger partial charge on any atom is -0.376 e. The van der Waals surface area contributed by atoms with E-state index in [-0.39, 0.29) is 36.4 Å². The van der Waals surface area contributed by atoms with Crippen molar-refractivity contribution in [3.05, 3.63) is 0 Å². The van der Waals surface area contributed by atoms with Gasteiger partial charge in [-0.3, -0.25) is 4.79 Å². The van der Waals surface area contributed by atoms with Crippen LogP contribution in [0.4, 0.5) is 0 Å². The summed E-state index contributed by atoms with van der Waals surface area (Å²) >= 11 is 0. The average molecular weight is 299 g/mol. The zero-order valence-corrected chi connectivity index (χ0v) is 13.0. The van der Waals surface area contributed by atoms with E-state index in [0.717, 1.165) is 25.7 Å². The van der Waals surface area contributed by atoms with E-state index in [1.165, 1.54) is 13.3 Å². The second-order valence-corrected chi connectivity index (χ2v) is 6.26. The number of amides is 1. The molecule has 1 saturated heterocycles. The standard InChI is InChI=1S/C15H25NO5/c1-9(17)16-10-11(18-2)13-14(12(10)19-3)21-15(20-13)7-5-4-6-8-15/h10-14H,4-8H2,1-3H3,(H,16,17)/t10?,11-,12-,13-,14+/m1/s1. The van der Waals surface area contributed by atoms with Crippen LogP contribution >= 0.6 is 0 Å². The average Bonchev–Trinajstić information content (AvgIpc) is 2.91. The van der Waals surface area contributed by atoms with Crippen molar-refractivity contribution in [3.8, 4) is 0 Å². The molecule has 1 aliphatic heterocycles. The first-order chi connectivity index (χ1) is 10.1. The molecular formula is C15H25NO5. The molecule has 1 spiro atoms. The van der Waals surface area contributed by atoms with Crippen LogP contribution < -0.4 is 5.32 Å². The second-order valence-electron chi connectivity index (χ2n) is 6.26. The first-order valence-electron chi connectivity index (χ1n) is 7.78. The van der Waals surface area contributed by atoms with Gasteiger partial charge in [0.1, 0.15) is 24.4 Å². The number of rotatable bonds is 3. The molecule has 0 aromatic rings. The number of carbonyl (C=O) groups excluding carboxylic acids is 1. The minimum atomic E-state index is -0.470. The Hall–Kier alpha value is -0.690. The maximum atomic E-state index is 11.4. The third-order valence-electron chi connectivity index (χ3n) is 4.91. The lowest BCUT2D eigenvalue weighted by molar-refractivity contribution is -0.218. The van der Waals surface area contributed by atoms with Gasteiger partial charge in [0, 0.05) is 34.0 Å². The Morgan fingerprint density at radius 2 is 1.57 bits per heavy atom. The summed E-state index contributed by atoms with van der Waals surface area (Å²) in [4.78, 5) is 11.4. The Bertz CT molecular complexity index is 374. The van der Waals surface area contributed by atoms with Gasteiger partial charge in [0.05, 0.1) is 6.04 Å². The molecule has 1 unspecified atom stereocenters. The van der Waals surface area contributed by atoms with Crippen molar-refractivity contribution in [1.82, 2.24) is 5.32 Å². The van der Waals surface area contributed by atoms with E-state index in [1.54, 1.807) is 14.2 Å². The first-order valence-corrected chi connectivity index (χ1v) is 7.78. The summed E-state index contributed by atoms with van der Waals surface area (Å²) in [7, 11) is 3.29. The SMILES string of the molecule is CO[C@@H]1C(NC(C)=O)[C@@H](OC)[C@H]2OC3(CCCCC3)O[C@H]21. The molecule has 1 heterocycles. The molecule has 0 aromatic carbocycles. The van der Waals surface area contributed by atoms with Crippen molar-refractivity contribution in [2.45, 2.75) is 75.3 Å². The number of fused-ring (bicyclic) bond motifs is 1. The van der Waals surface area contributed by atoms with Crippen molar-refractivity contribution in [2.75, 3.05) is 14.2 Å². The van der Waals surface area contributed by atoms with Gasteiger partial charge in [-0.25, -0.2) is 0 Å². The largest absolute Gasteiger partial charge is 0.376 e. The van der Waals surface area contributed by atoms with Crippen LogP contribution in [0.5, 0.6) is 0 Å². The van der Waals surface area contributed by atoms with Crippen LogP contribution in [0.1, 0.15) is 39.0 Å². The summed E-state index contributed by atoms with van der Waals surface area (Å²) in [5.74, 6) is -0.570. The van der Waals surface area contributed by atoms with Crippen molar-refractivity contribution < 1.29 is 23.7 Å². The number of methoxy groups -OCH3 is 2. The lowest BCUT2D eigenvalue weighted by Crippen LogP contribution is -2.51. The molecule has 5 atom stereocenters. The molecule has 3 rings (SSSR count). The summed E-state index contributed by atoms with van der Waals surface area (Å²) in [5.41, 5.74) is 0. The van der Waals surface area contributed by atoms with E-state index in [2.05, 4.69) is 5.32 Å². The zero-order chi connectivity index (χ0) is 15.0. The number of nitrogens with one attached hydrogen (secondary N) is 1. The van der Waals surface area contributed by atoms with Crippen LogP contribution in [0.3, 0.4) is 0 Å². The van der Waals surface area contributed by atoms with Gasteiger partial charge in [0.2, 0.25) is 5.91 Å². The monoisotopic (exact) mass is 299 g/mol. The molecule has 2 saturated carbocycles. The lowest BCUT2D eigenvalue weighted by Gasteiger charge is -2.35. The number of carbonyl (C=O) groups is 1. The molecular weight excluding hydrogens is 274 g/mol. The van der Waals surface area contributed by atoms with Crippen molar-refractivity contribution in [3.63, 3.8) is 0 Å². The molecule has 120 valence electrons. The van der Waals surface area contributed by atoms with E-state index in [0.29, 0.717) is 0 Å². The fraction of sp³-hybridized carbons (Fsp3) is 0.933. The molecule has 3 fully saturated rings. The van der Waals surface area contributed by atoms with Gasteiger partial charge in [-0.2, -0.15) is 0 Å². The predicted octanol–water partition coefficient (Wildman–Crippen LogP) is 0.979. The minimum absolute atomic E-state index is 0.101. The summed E-state index contributed by atoms with van der Waals surface area (Å²) in [6.07, 6.45) is 4.49. The van der Waals surface area contributed by atoms with Crippen molar-refractivity contribution >= 4 is 5.91 Å². The Morgan fingerprint density at radius 1 is 1.05 bits per heavy atom. The fourth-order valence-electron chi connectivity index (χ4n) is 4.05. The third-order valence-corrected chi connectivity index (χ3v) is 4.91. The van der Waals surface area contributed by atoms with Crippen LogP contribution in [0.15, 0.2) is 0 Å². The Kier molecular flexibility index (Phi) is 4.23. The first kappa shape index (κ1) is 15.2. The van der Waals surface area contributed by atoms with Gasteiger partial charge < -0.3 is 24.3 Å². The molecule has 0 aromatic heterocycles. The van der Waals surface area contributed by atoms with Crippen LogP contribution in [0.25, 0.3) is 0 Å². The van der Waals surface area contributed by atoms with Gasteiger partial charge in [0.25, 0.3) is 0 Å². The summed E-state index contributed by atoms with van der Waals surface area (Å²) in [5, 5.41) is 2.91. The highest BCUT2D eigenvalue weighted by Crippen LogP contribution is 2.46. The van der Waals surface area contributed by atoms with Crippen molar-refractivity contribution in [2.24, 2.45) is 0 Å². The Labute approximate surface area is 125 Å². The number of hydrogen-bond acceptors (Lipinski definition) is 5. The van der Waals surface area contributed by atoms with E-state index < -0.39 is 5.79 Å². The molecule has 0 radical (unpaired) electrons. The normalized spacial score (nSPS) is 41.2. The van der Waals surface area contributed by atoms with E-state index >= 15 is 0 Å². The van der Waals surface area contributed by atoms with E-state index in [1.807, 2.05) is 0 Å². The zero-order valence-electron chi connectivity index (χ0n) is 13.0. The van der Waals surface area contributed by atoms with E-state index in [9.17, 15) is 4.79 Å². The highest BCUT2D eigenvalue weighted by molar-refractivity contribution is 5.73. The topological polar surface area (TPSA) is 66.0 Å². The molecule has 0 bridgehead atoms. The predicted molar refractivity (Wildman–Crippen MR) is 74.8 cm³/mol. The van der Waals surface area contributed by atoms with Gasteiger partial charge in [-0.15, -0.1) is 0 Å². The molecule has 2 aliphatic carbocycles. The molecule has 3 aliphatic rings. The molecule has 1 N–H and O–H groups in total. The highest BCUT2D eigenvalue weighted by atomic mass is 16.8. The van der Waals surface area contributed by atoms with Gasteiger partial charge >= 0.3 is 0 Å². The lowest BCUT2D eigenvalue weighted by atomic mass is 9.94. The van der Waals surface area contributed by atoms with Gasteiger partial charge in [-0.1, -0.05) is 6.42 Å². The molecule has 21 heavy (non-hydrogen) atoms. The second kappa shape index (κ2) is 5.83. The fourth-order valence-corrected chi connectivity index (χ4v) is 4.05. The van der Waals surface area contributed by atoms with Crippen LogP contribution in [-0.2, 0) is 23.7 Å². The van der Waals surface area contributed by atoms with Crippen LogP contribution in [0.2, 0.25) is 0 Å². The third kappa shape index (κ3) is 2.59. The Balaban J connectivity index is 1.80. The maximum Gasteiger partial charge on any atom is 0.217 e. The van der Waals surface area contributed by atoms with E-state index in [4.69, 9.17) is 18.9 Å². The van der Waals surface area contributed by atoms with Gasteiger partial charge in [-0.05, 0) is 12.8 Å². The molecule has 6 heteroatoms. The number of hydrogen-bond donors (Lipinski definition) is 1. The maximum absolute atomic E-state index is 11.4. The summed E-state index contributed by atoms with van der Waals surface area (Å²) in [6.45, 7) is 1.50.